The number of hydrogen-bond donors (Lipinski definition) is 1. The Kier molecular flexibility index (Phi) is 3.64. The fraction of sp³-hybridized carbons (Fsp3) is 0.250. The maximum atomic E-state index is 6.11. The van der Waals surface area contributed by atoms with Gasteiger partial charge >= 0.3 is 0 Å². The zero-order valence-corrected chi connectivity index (χ0v) is 11.2. The molecule has 0 aliphatic heterocycles. The summed E-state index contributed by atoms with van der Waals surface area (Å²) in [6, 6.07) is 5.53. The Labute approximate surface area is 109 Å². The summed E-state index contributed by atoms with van der Waals surface area (Å²) in [6.07, 6.45) is 0. The van der Waals surface area contributed by atoms with Gasteiger partial charge < -0.3 is 10.3 Å². The highest BCUT2D eigenvalue weighted by Gasteiger charge is 2.11. The second kappa shape index (κ2) is 5.02. The van der Waals surface area contributed by atoms with Crippen molar-refractivity contribution < 1.29 is 4.52 Å². The van der Waals surface area contributed by atoms with Crippen LogP contribution in [0.3, 0.4) is 0 Å². The van der Waals surface area contributed by atoms with Crippen LogP contribution in [0.5, 0.6) is 0 Å². The van der Waals surface area contributed by atoms with E-state index in [1.807, 2.05) is 32.0 Å². The van der Waals surface area contributed by atoms with Crippen molar-refractivity contribution in [1.82, 2.24) is 5.16 Å². The topological polar surface area (TPSA) is 52.0 Å². The summed E-state index contributed by atoms with van der Waals surface area (Å²) in [7, 11) is 0. The molecule has 1 aromatic carbocycles. The molecule has 1 aromatic heterocycles. The molecular weight excluding hydrogens is 256 g/mol. The molecule has 5 heteroatoms. The number of halogens is 1. The summed E-state index contributed by atoms with van der Waals surface area (Å²) in [6.45, 7) is 3.84. The van der Waals surface area contributed by atoms with Crippen LogP contribution in [0.15, 0.2) is 27.6 Å². The summed E-state index contributed by atoms with van der Waals surface area (Å²) in [5, 5.41) is 4.60. The molecule has 0 bridgehead atoms. The van der Waals surface area contributed by atoms with Crippen LogP contribution in [0, 0.1) is 13.8 Å². The largest absolute Gasteiger partial charge is 0.398 e. The minimum absolute atomic E-state index is 0.682. The standard InChI is InChI=1S/C12H13ClN2OS/c1-7-9(8(2)16-15-7)6-17-12-10(13)4-3-5-11(12)14/h3-5H,6,14H2,1-2H3. The Hall–Kier alpha value is -1.13. The molecule has 0 fully saturated rings. The number of hydrogen-bond acceptors (Lipinski definition) is 4. The van der Waals surface area contributed by atoms with Crippen molar-refractivity contribution in [3.63, 3.8) is 0 Å². The Morgan fingerprint density at radius 2 is 2.18 bits per heavy atom. The first-order valence-corrected chi connectivity index (χ1v) is 6.54. The van der Waals surface area contributed by atoms with E-state index in [9.17, 15) is 0 Å². The van der Waals surface area contributed by atoms with Crippen molar-refractivity contribution >= 4 is 29.1 Å². The van der Waals surface area contributed by atoms with Crippen LogP contribution >= 0.6 is 23.4 Å². The average molecular weight is 269 g/mol. The molecule has 2 rings (SSSR count). The molecule has 3 nitrogen and oxygen atoms in total. The molecule has 0 aliphatic rings. The monoisotopic (exact) mass is 268 g/mol. The van der Waals surface area contributed by atoms with Crippen LogP contribution in [0.1, 0.15) is 17.0 Å². The maximum absolute atomic E-state index is 6.11. The summed E-state index contributed by atoms with van der Waals surface area (Å²) in [5.74, 6) is 1.61. The lowest BCUT2D eigenvalue weighted by Gasteiger charge is -2.07. The van der Waals surface area contributed by atoms with Gasteiger partial charge in [-0.05, 0) is 26.0 Å². The van der Waals surface area contributed by atoms with Gasteiger partial charge in [-0.1, -0.05) is 22.8 Å². The molecule has 0 amide bonds. The van der Waals surface area contributed by atoms with Gasteiger partial charge in [-0.3, -0.25) is 0 Å². The van der Waals surface area contributed by atoms with Gasteiger partial charge in [0.25, 0.3) is 0 Å². The zero-order chi connectivity index (χ0) is 12.4. The number of nitrogens with two attached hydrogens (primary N) is 1. The van der Waals surface area contributed by atoms with Crippen LogP contribution in [0.2, 0.25) is 5.02 Å². The average Bonchev–Trinajstić information content (AvgIpc) is 2.59. The molecular formula is C12H13ClN2OS. The van der Waals surface area contributed by atoms with Gasteiger partial charge in [0.05, 0.1) is 10.7 Å². The summed E-state index contributed by atoms with van der Waals surface area (Å²) in [4.78, 5) is 0.911. The predicted octanol–water partition coefficient (Wildman–Crippen LogP) is 3.82. The van der Waals surface area contributed by atoms with Crippen LogP contribution in [-0.2, 0) is 5.75 Å². The summed E-state index contributed by atoms with van der Waals surface area (Å²) >= 11 is 7.71. The van der Waals surface area contributed by atoms with E-state index in [0.29, 0.717) is 10.7 Å². The Morgan fingerprint density at radius 1 is 1.41 bits per heavy atom. The third-order valence-corrected chi connectivity index (χ3v) is 4.14. The number of thioether (sulfide) groups is 1. The minimum atomic E-state index is 0.682. The summed E-state index contributed by atoms with van der Waals surface area (Å²) < 4.78 is 5.12. The van der Waals surface area contributed by atoms with Crippen LogP contribution in [-0.4, -0.2) is 5.16 Å². The highest BCUT2D eigenvalue weighted by Crippen LogP contribution is 2.35. The van der Waals surface area contributed by atoms with Gasteiger partial charge in [-0.15, -0.1) is 11.8 Å². The number of aryl methyl sites for hydroxylation is 2. The van der Waals surface area contributed by atoms with E-state index in [1.54, 1.807) is 11.8 Å². The Balaban J connectivity index is 2.18. The van der Waals surface area contributed by atoms with E-state index >= 15 is 0 Å². The van der Waals surface area contributed by atoms with Crippen molar-refractivity contribution in [2.45, 2.75) is 24.5 Å². The maximum Gasteiger partial charge on any atom is 0.137 e. The van der Waals surface area contributed by atoms with Gasteiger partial charge in [-0.2, -0.15) is 0 Å². The number of rotatable bonds is 3. The lowest BCUT2D eigenvalue weighted by atomic mass is 10.2. The molecule has 0 radical (unpaired) electrons. The van der Waals surface area contributed by atoms with E-state index in [0.717, 1.165) is 27.7 Å². The molecule has 17 heavy (non-hydrogen) atoms. The molecule has 90 valence electrons. The van der Waals surface area contributed by atoms with E-state index in [1.165, 1.54) is 0 Å². The van der Waals surface area contributed by atoms with E-state index < -0.39 is 0 Å². The molecule has 0 atom stereocenters. The Bertz CT molecular complexity index is 500. The molecule has 2 N–H and O–H groups in total. The first kappa shape index (κ1) is 12.3. The van der Waals surface area contributed by atoms with Crippen LogP contribution in [0.25, 0.3) is 0 Å². The first-order chi connectivity index (χ1) is 8.09. The lowest BCUT2D eigenvalue weighted by molar-refractivity contribution is 0.392. The van der Waals surface area contributed by atoms with E-state index in [-0.39, 0.29) is 0 Å². The number of benzene rings is 1. The number of nitrogen functional groups attached to an aromatic ring is 1. The van der Waals surface area contributed by atoms with Gasteiger partial charge in [0.15, 0.2) is 0 Å². The van der Waals surface area contributed by atoms with E-state index in [4.69, 9.17) is 21.9 Å². The second-order valence-electron chi connectivity index (χ2n) is 3.75. The fourth-order valence-corrected chi connectivity index (χ4v) is 3.02. The SMILES string of the molecule is Cc1noc(C)c1CSc1c(N)cccc1Cl. The van der Waals surface area contributed by atoms with E-state index in [2.05, 4.69) is 5.16 Å². The van der Waals surface area contributed by atoms with Gasteiger partial charge in [0, 0.05) is 21.9 Å². The highest BCUT2D eigenvalue weighted by molar-refractivity contribution is 7.98. The van der Waals surface area contributed by atoms with Gasteiger partial charge in [-0.25, -0.2) is 0 Å². The van der Waals surface area contributed by atoms with Crippen molar-refractivity contribution in [3.8, 4) is 0 Å². The third-order valence-electron chi connectivity index (χ3n) is 2.54. The number of nitrogens with zero attached hydrogens (tertiary/aromatic N) is 1. The smallest absolute Gasteiger partial charge is 0.137 e. The van der Waals surface area contributed by atoms with Crippen molar-refractivity contribution in [3.05, 3.63) is 40.2 Å². The molecule has 0 spiro atoms. The van der Waals surface area contributed by atoms with Crippen molar-refractivity contribution in [1.29, 1.82) is 0 Å². The predicted molar refractivity (Wildman–Crippen MR) is 71.4 cm³/mol. The zero-order valence-electron chi connectivity index (χ0n) is 9.66. The molecule has 0 aliphatic carbocycles. The summed E-state index contributed by atoms with van der Waals surface area (Å²) in [5.41, 5.74) is 8.62. The van der Waals surface area contributed by atoms with Crippen molar-refractivity contribution in [2.75, 3.05) is 5.73 Å². The number of aromatic nitrogens is 1. The third kappa shape index (κ3) is 2.58. The lowest BCUT2D eigenvalue weighted by Crippen LogP contribution is -1.91. The molecule has 0 saturated carbocycles. The van der Waals surface area contributed by atoms with Crippen molar-refractivity contribution in [2.24, 2.45) is 0 Å². The minimum Gasteiger partial charge on any atom is -0.398 e. The Morgan fingerprint density at radius 3 is 2.76 bits per heavy atom. The van der Waals surface area contributed by atoms with Crippen LogP contribution < -0.4 is 5.73 Å². The second-order valence-corrected chi connectivity index (χ2v) is 5.14. The van der Waals surface area contributed by atoms with Gasteiger partial charge in [0.2, 0.25) is 0 Å². The quantitative estimate of drug-likeness (QED) is 0.679. The molecule has 0 saturated heterocycles. The number of anilines is 1. The van der Waals surface area contributed by atoms with Gasteiger partial charge in [0.1, 0.15) is 5.76 Å². The normalized spacial score (nSPS) is 10.8. The first-order valence-electron chi connectivity index (χ1n) is 5.18. The highest BCUT2D eigenvalue weighted by atomic mass is 35.5. The molecule has 2 aromatic rings. The fourth-order valence-electron chi connectivity index (χ4n) is 1.53. The van der Waals surface area contributed by atoms with Crippen LogP contribution in [0.4, 0.5) is 5.69 Å². The molecule has 1 heterocycles. The molecule has 0 unspecified atom stereocenters.